The zero-order valence-corrected chi connectivity index (χ0v) is 13.2. The van der Waals surface area contributed by atoms with Crippen LogP contribution in [0.2, 0.25) is 0 Å². The zero-order valence-electron chi connectivity index (χ0n) is 13.2. The van der Waals surface area contributed by atoms with Gasteiger partial charge in [-0.25, -0.2) is 0 Å². The van der Waals surface area contributed by atoms with Crippen molar-refractivity contribution in [3.63, 3.8) is 0 Å². The number of fused-ring (bicyclic) bond motifs is 1. The van der Waals surface area contributed by atoms with Crippen molar-refractivity contribution in [2.24, 2.45) is 11.3 Å². The lowest BCUT2D eigenvalue weighted by atomic mass is 9.58. The molecule has 2 aliphatic rings. The summed E-state index contributed by atoms with van der Waals surface area (Å²) in [6.07, 6.45) is 5.81. The van der Waals surface area contributed by atoms with Crippen LogP contribution in [0.4, 0.5) is 0 Å². The van der Waals surface area contributed by atoms with Crippen molar-refractivity contribution in [3.05, 3.63) is 35.4 Å². The second-order valence-corrected chi connectivity index (χ2v) is 6.60. The molecule has 0 aliphatic heterocycles. The summed E-state index contributed by atoms with van der Waals surface area (Å²) in [6.45, 7) is 1.98. The van der Waals surface area contributed by atoms with Crippen LogP contribution in [-0.4, -0.2) is 18.7 Å². The lowest BCUT2D eigenvalue weighted by molar-refractivity contribution is -0.142. The van der Waals surface area contributed by atoms with E-state index in [1.165, 1.54) is 0 Å². The van der Waals surface area contributed by atoms with E-state index in [0.717, 1.165) is 36.1 Å². The van der Waals surface area contributed by atoms with E-state index in [1.54, 1.807) is 7.11 Å². The Balaban J connectivity index is 1.87. The molecule has 0 aromatic heterocycles. The van der Waals surface area contributed by atoms with Crippen LogP contribution in [0.15, 0.2) is 29.8 Å². The molecular formula is C19H22O3. The minimum atomic E-state index is -0.480. The second kappa shape index (κ2) is 5.71. The minimum Gasteiger partial charge on any atom is -0.497 e. The maximum atomic E-state index is 12.9. The van der Waals surface area contributed by atoms with Crippen LogP contribution in [0, 0.1) is 11.3 Å². The van der Waals surface area contributed by atoms with Gasteiger partial charge in [-0.15, -0.1) is 0 Å². The third kappa shape index (κ3) is 2.49. The van der Waals surface area contributed by atoms with Crippen molar-refractivity contribution < 1.29 is 14.3 Å². The highest BCUT2D eigenvalue weighted by Gasteiger charge is 2.49. The number of ether oxygens (including phenoxy) is 1. The van der Waals surface area contributed by atoms with Gasteiger partial charge in [-0.1, -0.05) is 19.1 Å². The zero-order chi connectivity index (χ0) is 15.7. The van der Waals surface area contributed by atoms with Gasteiger partial charge in [0, 0.05) is 17.8 Å². The van der Waals surface area contributed by atoms with E-state index in [2.05, 4.69) is 0 Å². The van der Waals surface area contributed by atoms with Gasteiger partial charge in [0.15, 0.2) is 5.78 Å². The van der Waals surface area contributed by atoms with Crippen molar-refractivity contribution in [1.82, 2.24) is 0 Å². The minimum absolute atomic E-state index is 0.0678. The highest BCUT2D eigenvalue weighted by molar-refractivity contribution is 6.07. The lowest BCUT2D eigenvalue weighted by Gasteiger charge is -2.43. The molecular weight excluding hydrogens is 276 g/mol. The third-order valence-corrected chi connectivity index (χ3v) is 5.25. The molecule has 0 spiro atoms. The fourth-order valence-corrected chi connectivity index (χ4v) is 3.90. The Labute approximate surface area is 131 Å². The quantitative estimate of drug-likeness (QED) is 0.780. The van der Waals surface area contributed by atoms with Crippen LogP contribution in [0.25, 0.3) is 6.08 Å². The van der Waals surface area contributed by atoms with E-state index in [4.69, 9.17) is 4.74 Å². The molecule has 0 heterocycles. The van der Waals surface area contributed by atoms with Crippen LogP contribution < -0.4 is 4.74 Å². The number of Topliss-reactive ketones (excluding diaryl/α,β-unsaturated/α-hetero) is 2. The summed E-state index contributed by atoms with van der Waals surface area (Å²) >= 11 is 0. The molecule has 0 bridgehead atoms. The maximum Gasteiger partial charge on any atom is 0.165 e. The van der Waals surface area contributed by atoms with E-state index in [9.17, 15) is 9.59 Å². The molecule has 2 fully saturated rings. The molecule has 2 aliphatic carbocycles. The fourth-order valence-electron chi connectivity index (χ4n) is 3.90. The summed E-state index contributed by atoms with van der Waals surface area (Å²) < 4.78 is 5.15. The number of methoxy groups -OCH3 is 1. The second-order valence-electron chi connectivity index (χ2n) is 6.60. The Kier molecular flexibility index (Phi) is 3.90. The predicted octanol–water partition coefficient (Wildman–Crippen LogP) is 3.82. The summed E-state index contributed by atoms with van der Waals surface area (Å²) in [4.78, 5) is 25.0. The topological polar surface area (TPSA) is 43.4 Å². The molecule has 1 aromatic rings. The van der Waals surface area contributed by atoms with Crippen molar-refractivity contribution in [3.8, 4) is 5.75 Å². The molecule has 2 atom stereocenters. The monoisotopic (exact) mass is 298 g/mol. The number of allylic oxidation sites excluding steroid dienone is 1. The molecule has 2 unspecified atom stereocenters. The van der Waals surface area contributed by atoms with Crippen molar-refractivity contribution in [2.45, 2.75) is 39.0 Å². The summed E-state index contributed by atoms with van der Waals surface area (Å²) in [7, 11) is 1.64. The number of carbonyl (C=O) groups excluding carboxylic acids is 2. The predicted molar refractivity (Wildman–Crippen MR) is 85.7 cm³/mol. The number of ketones is 2. The molecule has 0 saturated heterocycles. The fraction of sp³-hybridized carbons (Fsp3) is 0.474. The summed E-state index contributed by atoms with van der Waals surface area (Å²) in [5, 5.41) is 0. The first kappa shape index (κ1) is 15.0. The van der Waals surface area contributed by atoms with Gasteiger partial charge in [-0.05, 0) is 55.0 Å². The normalized spacial score (nSPS) is 30.3. The smallest absolute Gasteiger partial charge is 0.165 e. The average Bonchev–Trinajstić information content (AvgIpc) is 2.52. The van der Waals surface area contributed by atoms with Gasteiger partial charge in [-0.3, -0.25) is 9.59 Å². The SMILES string of the molecule is COc1ccc(/C=C2\CCC3C(=O)CCCC3(C)C2=O)cc1. The number of carbonyl (C=O) groups is 2. The van der Waals surface area contributed by atoms with Gasteiger partial charge in [0.1, 0.15) is 11.5 Å². The Morgan fingerprint density at radius 1 is 1.18 bits per heavy atom. The molecule has 3 nitrogen and oxygen atoms in total. The number of hydrogen-bond donors (Lipinski definition) is 0. The van der Waals surface area contributed by atoms with Crippen LogP contribution in [-0.2, 0) is 9.59 Å². The van der Waals surface area contributed by atoms with E-state index < -0.39 is 5.41 Å². The van der Waals surface area contributed by atoms with Gasteiger partial charge >= 0.3 is 0 Å². The molecule has 22 heavy (non-hydrogen) atoms. The highest BCUT2D eigenvalue weighted by atomic mass is 16.5. The Bertz CT molecular complexity index is 627. The summed E-state index contributed by atoms with van der Waals surface area (Å²) in [5.41, 5.74) is 1.39. The molecule has 116 valence electrons. The van der Waals surface area contributed by atoms with Gasteiger partial charge in [0.25, 0.3) is 0 Å². The van der Waals surface area contributed by atoms with Crippen molar-refractivity contribution >= 4 is 17.6 Å². The molecule has 0 N–H and O–H groups in total. The molecule has 1 aromatic carbocycles. The van der Waals surface area contributed by atoms with E-state index in [0.29, 0.717) is 12.8 Å². The van der Waals surface area contributed by atoms with Gasteiger partial charge in [0.2, 0.25) is 0 Å². The van der Waals surface area contributed by atoms with Crippen molar-refractivity contribution in [1.29, 1.82) is 0 Å². The van der Waals surface area contributed by atoms with Gasteiger partial charge < -0.3 is 4.74 Å². The van der Waals surface area contributed by atoms with Crippen LogP contribution >= 0.6 is 0 Å². The Morgan fingerprint density at radius 3 is 2.59 bits per heavy atom. The van der Waals surface area contributed by atoms with Crippen LogP contribution in [0.5, 0.6) is 5.75 Å². The molecule has 0 radical (unpaired) electrons. The van der Waals surface area contributed by atoms with Crippen molar-refractivity contribution in [2.75, 3.05) is 7.11 Å². The van der Waals surface area contributed by atoms with Gasteiger partial charge in [0.05, 0.1) is 7.11 Å². The van der Waals surface area contributed by atoms with E-state index in [-0.39, 0.29) is 17.5 Å². The number of rotatable bonds is 2. The first-order valence-electron chi connectivity index (χ1n) is 7.97. The first-order chi connectivity index (χ1) is 10.5. The molecule has 3 rings (SSSR count). The lowest BCUT2D eigenvalue weighted by Crippen LogP contribution is -2.46. The summed E-state index contributed by atoms with van der Waals surface area (Å²) in [6, 6.07) is 7.71. The number of benzene rings is 1. The highest BCUT2D eigenvalue weighted by Crippen LogP contribution is 2.48. The third-order valence-electron chi connectivity index (χ3n) is 5.25. The average molecular weight is 298 g/mol. The van der Waals surface area contributed by atoms with Crippen LogP contribution in [0.1, 0.15) is 44.6 Å². The first-order valence-corrected chi connectivity index (χ1v) is 7.97. The summed E-state index contributed by atoms with van der Waals surface area (Å²) in [5.74, 6) is 1.20. The maximum absolute atomic E-state index is 12.9. The Morgan fingerprint density at radius 2 is 1.91 bits per heavy atom. The van der Waals surface area contributed by atoms with E-state index in [1.807, 2.05) is 37.3 Å². The standard InChI is InChI=1S/C19H22O3/c1-19-11-3-4-17(20)16(19)10-7-14(18(19)21)12-13-5-8-15(22-2)9-6-13/h5-6,8-9,12,16H,3-4,7,10-11H2,1-2H3/b14-12+. The largest absolute Gasteiger partial charge is 0.497 e. The molecule has 3 heteroatoms. The van der Waals surface area contributed by atoms with Crippen LogP contribution in [0.3, 0.4) is 0 Å². The number of hydrogen-bond acceptors (Lipinski definition) is 3. The Hall–Kier alpha value is -1.90. The molecule has 0 amide bonds. The van der Waals surface area contributed by atoms with Gasteiger partial charge in [-0.2, -0.15) is 0 Å². The van der Waals surface area contributed by atoms with E-state index >= 15 is 0 Å². The molecule has 2 saturated carbocycles.